The smallest absolute Gasteiger partial charge is 0.143 e. The molecule has 1 aromatic heterocycles. The molecule has 0 bridgehead atoms. The fourth-order valence-corrected chi connectivity index (χ4v) is 3.09. The van der Waals surface area contributed by atoms with E-state index in [1.165, 1.54) is 10.5 Å². The second-order valence-corrected chi connectivity index (χ2v) is 6.86. The third-order valence-corrected chi connectivity index (χ3v) is 5.02. The summed E-state index contributed by atoms with van der Waals surface area (Å²) in [6, 6.07) is 10.3. The molecule has 0 aliphatic heterocycles. The van der Waals surface area contributed by atoms with Crippen molar-refractivity contribution in [3.8, 4) is 5.75 Å². The lowest BCUT2D eigenvalue weighted by Gasteiger charge is -2.08. The van der Waals surface area contributed by atoms with E-state index in [1.807, 2.05) is 11.5 Å². The number of nitrogens with zero attached hydrogens (tertiary/aromatic N) is 1. The largest absolute Gasteiger partial charge is 0.492 e. The Balaban J connectivity index is 1.75. The first kappa shape index (κ1) is 17.4. The zero-order valence-corrected chi connectivity index (χ0v) is 15.3. The van der Waals surface area contributed by atoms with Crippen LogP contribution in [0.1, 0.15) is 18.4 Å². The van der Waals surface area contributed by atoms with Crippen molar-refractivity contribution in [3.63, 3.8) is 0 Å². The Morgan fingerprint density at radius 2 is 2.14 bits per heavy atom. The van der Waals surface area contributed by atoms with Gasteiger partial charge >= 0.3 is 0 Å². The van der Waals surface area contributed by atoms with Crippen LogP contribution in [0.5, 0.6) is 5.75 Å². The predicted octanol–water partition coefficient (Wildman–Crippen LogP) is 6.13. The number of benzene rings is 1. The van der Waals surface area contributed by atoms with E-state index >= 15 is 0 Å². The zero-order chi connectivity index (χ0) is 15.8. The van der Waals surface area contributed by atoms with Crippen LogP contribution in [-0.2, 0) is 6.42 Å². The molecule has 0 atom stereocenters. The number of pyridine rings is 1. The molecule has 0 saturated heterocycles. The first-order valence-electron chi connectivity index (χ1n) is 7.00. The maximum atomic E-state index is 5.85. The van der Waals surface area contributed by atoms with Gasteiger partial charge in [-0.05, 0) is 58.3 Å². The summed E-state index contributed by atoms with van der Waals surface area (Å²) in [4.78, 5) is 5.32. The molecule has 22 heavy (non-hydrogen) atoms. The fourth-order valence-electron chi connectivity index (χ4n) is 2.01. The molecule has 116 valence electrons. The molecular formula is C17H17BrClNOS. The molecular weight excluding hydrogens is 382 g/mol. The molecule has 2 nitrogen and oxygen atoms in total. The van der Waals surface area contributed by atoms with E-state index < -0.39 is 0 Å². The summed E-state index contributed by atoms with van der Waals surface area (Å²) in [5.41, 5.74) is 1.36. The van der Waals surface area contributed by atoms with Gasteiger partial charge < -0.3 is 4.74 Å². The van der Waals surface area contributed by atoms with Gasteiger partial charge in [-0.2, -0.15) is 0 Å². The topological polar surface area (TPSA) is 22.1 Å². The SMILES string of the molecule is C=CSc1ccccc1CCCCOc1cnc(Cl)c(Br)c1. The molecule has 0 aliphatic carbocycles. The minimum Gasteiger partial charge on any atom is -0.492 e. The molecule has 2 rings (SSSR count). The Kier molecular flexibility index (Phi) is 7.30. The minimum atomic E-state index is 0.448. The van der Waals surface area contributed by atoms with Gasteiger partial charge in [0.1, 0.15) is 10.9 Å². The third-order valence-electron chi connectivity index (χ3n) is 3.06. The maximum Gasteiger partial charge on any atom is 0.143 e. The van der Waals surface area contributed by atoms with Gasteiger partial charge in [-0.15, -0.1) is 0 Å². The van der Waals surface area contributed by atoms with Crippen LogP contribution in [0.25, 0.3) is 0 Å². The minimum absolute atomic E-state index is 0.448. The van der Waals surface area contributed by atoms with Crippen molar-refractivity contribution in [2.45, 2.75) is 24.2 Å². The average molecular weight is 399 g/mol. The second-order valence-electron chi connectivity index (χ2n) is 4.64. The highest BCUT2D eigenvalue weighted by molar-refractivity contribution is 9.10. The van der Waals surface area contributed by atoms with Crippen LogP contribution in [0.4, 0.5) is 0 Å². The Morgan fingerprint density at radius 1 is 1.32 bits per heavy atom. The van der Waals surface area contributed by atoms with Crippen molar-refractivity contribution in [1.82, 2.24) is 4.98 Å². The first-order chi connectivity index (χ1) is 10.7. The van der Waals surface area contributed by atoms with Gasteiger partial charge in [0, 0.05) is 4.90 Å². The quantitative estimate of drug-likeness (QED) is 0.303. The van der Waals surface area contributed by atoms with E-state index in [-0.39, 0.29) is 0 Å². The summed E-state index contributed by atoms with van der Waals surface area (Å²) in [6.45, 7) is 4.45. The first-order valence-corrected chi connectivity index (χ1v) is 9.05. The molecule has 0 radical (unpaired) electrons. The van der Waals surface area contributed by atoms with Crippen molar-refractivity contribution in [2.24, 2.45) is 0 Å². The molecule has 0 amide bonds. The number of hydrogen-bond donors (Lipinski definition) is 0. The lowest BCUT2D eigenvalue weighted by atomic mass is 10.1. The van der Waals surface area contributed by atoms with Gasteiger partial charge in [0.2, 0.25) is 0 Å². The van der Waals surface area contributed by atoms with E-state index in [4.69, 9.17) is 16.3 Å². The molecule has 0 fully saturated rings. The highest BCUT2D eigenvalue weighted by Crippen LogP contribution is 2.25. The number of rotatable bonds is 8. The summed E-state index contributed by atoms with van der Waals surface area (Å²) < 4.78 is 6.44. The standard InChI is InChI=1S/C17H17BrClNOS/c1-2-22-16-9-4-3-7-13(16)8-5-6-10-21-14-11-15(18)17(19)20-12-14/h2-4,7,9,11-12H,1,5-6,8,10H2. The molecule has 0 N–H and O–H groups in total. The summed E-state index contributed by atoms with van der Waals surface area (Å²) in [6.07, 6.45) is 4.76. The highest BCUT2D eigenvalue weighted by atomic mass is 79.9. The Labute approximate surface area is 149 Å². The van der Waals surface area contributed by atoms with E-state index in [9.17, 15) is 0 Å². The van der Waals surface area contributed by atoms with Crippen LogP contribution in [-0.4, -0.2) is 11.6 Å². The third kappa shape index (κ3) is 5.34. The van der Waals surface area contributed by atoms with E-state index in [2.05, 4.69) is 51.8 Å². The molecule has 0 aliphatic rings. The number of ether oxygens (including phenoxy) is 1. The van der Waals surface area contributed by atoms with Gasteiger partial charge in [0.15, 0.2) is 0 Å². The number of hydrogen-bond acceptors (Lipinski definition) is 3. The molecule has 0 unspecified atom stereocenters. The number of thioether (sulfide) groups is 1. The van der Waals surface area contributed by atoms with Gasteiger partial charge in [0.25, 0.3) is 0 Å². The molecule has 0 saturated carbocycles. The number of aromatic nitrogens is 1. The Hall–Kier alpha value is -0.970. The van der Waals surface area contributed by atoms with Crippen molar-refractivity contribution in [2.75, 3.05) is 6.61 Å². The second kappa shape index (κ2) is 9.23. The maximum absolute atomic E-state index is 5.85. The van der Waals surface area contributed by atoms with Crippen molar-refractivity contribution in [3.05, 3.63) is 63.7 Å². The summed E-state index contributed by atoms with van der Waals surface area (Å²) in [5, 5.41) is 2.32. The van der Waals surface area contributed by atoms with Gasteiger partial charge in [-0.25, -0.2) is 4.98 Å². The monoisotopic (exact) mass is 397 g/mol. The molecule has 1 aromatic carbocycles. The van der Waals surface area contributed by atoms with Crippen molar-refractivity contribution in [1.29, 1.82) is 0 Å². The van der Waals surface area contributed by atoms with Crippen LogP contribution in [0, 0.1) is 0 Å². The van der Waals surface area contributed by atoms with Crippen molar-refractivity contribution >= 4 is 39.3 Å². The summed E-state index contributed by atoms with van der Waals surface area (Å²) in [7, 11) is 0. The van der Waals surface area contributed by atoms with Crippen LogP contribution in [0.2, 0.25) is 5.15 Å². The molecule has 1 heterocycles. The van der Waals surface area contributed by atoms with Gasteiger partial charge in [-0.3, -0.25) is 0 Å². The van der Waals surface area contributed by atoms with E-state index in [1.54, 1.807) is 18.0 Å². The normalized spacial score (nSPS) is 10.5. The van der Waals surface area contributed by atoms with E-state index in [0.717, 1.165) is 29.5 Å². The predicted molar refractivity (Wildman–Crippen MR) is 97.9 cm³/mol. The Bertz CT molecular complexity index is 636. The van der Waals surface area contributed by atoms with Gasteiger partial charge in [0.05, 0.1) is 17.3 Å². The van der Waals surface area contributed by atoms with E-state index in [0.29, 0.717) is 11.8 Å². The highest BCUT2D eigenvalue weighted by Gasteiger charge is 2.03. The van der Waals surface area contributed by atoms with Crippen LogP contribution < -0.4 is 4.74 Å². The number of unbranched alkanes of at least 4 members (excludes halogenated alkanes) is 1. The lowest BCUT2D eigenvalue weighted by Crippen LogP contribution is -1.99. The summed E-state index contributed by atoms with van der Waals surface area (Å²) >= 11 is 10.9. The van der Waals surface area contributed by atoms with Crippen LogP contribution in [0.3, 0.4) is 0 Å². The summed E-state index contributed by atoms with van der Waals surface area (Å²) in [5.74, 6) is 0.735. The lowest BCUT2D eigenvalue weighted by molar-refractivity contribution is 0.305. The molecule has 5 heteroatoms. The van der Waals surface area contributed by atoms with Crippen molar-refractivity contribution < 1.29 is 4.74 Å². The Morgan fingerprint density at radius 3 is 2.91 bits per heavy atom. The van der Waals surface area contributed by atoms with Crippen LogP contribution >= 0.6 is 39.3 Å². The molecule has 0 spiro atoms. The average Bonchev–Trinajstić information content (AvgIpc) is 2.52. The van der Waals surface area contributed by atoms with Gasteiger partial charge in [-0.1, -0.05) is 48.1 Å². The molecule has 2 aromatic rings. The number of aryl methyl sites for hydroxylation is 1. The number of halogens is 2. The zero-order valence-electron chi connectivity index (χ0n) is 12.1. The van der Waals surface area contributed by atoms with Crippen LogP contribution in [0.15, 0.2) is 57.9 Å². The fraction of sp³-hybridized carbons (Fsp3) is 0.235.